The second-order valence-corrected chi connectivity index (χ2v) is 45.6. The SMILES string of the molecule is CC12CCCCC1(C)N(c1ccc3c(c1)-n1c4ccccc4c4c(C5CCCCC5)c5c6ccccc6n6c5c(c41)B3c1ccccc1-6)c1ccccc12.Fc1ccc2c(c1)c1cc3c4cc(Oc5ccccc5)ccc4n4c3c3c1n2-c1ccccc1B3c1ccccc1-4.[2H]c1c([2H])c([2H])c2c(c1[2H])c1cc3c(cc1n2C)B1c2ccccc2-n2c4ccccc4c4c(C56CC7CC(CC(C7)C5)C6)c5c6ccccc6n-3c5c1c42. The Labute approximate surface area is 850 Å². The average Bonchev–Trinajstić information content (AvgIpc) is 1.48. The zero-order valence-electron chi connectivity index (χ0n) is 85.6. The molecule has 0 amide bonds. The first-order valence-electron chi connectivity index (χ1n) is 55.6. The van der Waals surface area contributed by atoms with Gasteiger partial charge in [-0.3, -0.25) is 0 Å². The highest BCUT2D eigenvalue weighted by molar-refractivity contribution is 7.02. The molecular weight excluding hydrogens is 1780 g/mol. The van der Waals surface area contributed by atoms with Crippen LogP contribution in [0.2, 0.25) is 0 Å². The summed E-state index contributed by atoms with van der Waals surface area (Å²) in [5, 5.41) is 17.2. The number of fused-ring (bicyclic) bond motifs is 42. The van der Waals surface area contributed by atoms with Crippen LogP contribution in [0, 0.1) is 23.6 Å². The molecule has 6 fully saturated rings. The highest BCUT2D eigenvalue weighted by Gasteiger charge is 2.59. The normalized spacial score (nSPS) is 20.8. The number of rotatable bonds is 5. The molecule has 2 unspecified atom stereocenters. The Morgan fingerprint density at radius 3 is 1.34 bits per heavy atom. The third-order valence-corrected chi connectivity index (χ3v) is 38.9. The highest BCUT2D eigenvalue weighted by atomic mass is 19.1. The van der Waals surface area contributed by atoms with Crippen LogP contribution >= 0.6 is 0 Å². The van der Waals surface area contributed by atoms with Crippen molar-refractivity contribution in [1.29, 1.82) is 0 Å². The van der Waals surface area contributed by atoms with Gasteiger partial charge in [-0.2, -0.15) is 0 Å². The molecule has 2 atom stereocenters. The van der Waals surface area contributed by atoms with Crippen LogP contribution in [-0.4, -0.2) is 57.6 Å². The van der Waals surface area contributed by atoms with Gasteiger partial charge in [-0.1, -0.05) is 245 Å². The Morgan fingerprint density at radius 1 is 0.329 bits per heavy atom. The first kappa shape index (κ1) is 76.9. The van der Waals surface area contributed by atoms with Gasteiger partial charge in [0, 0.05) is 144 Å². The largest absolute Gasteiger partial charge is 0.457 e. The third-order valence-electron chi connectivity index (χ3n) is 38.9. The smallest absolute Gasteiger partial charge is 0.252 e. The standard InChI is InChI=1S/C50H44BN3.C47H36BN3.C36H20BFN2O/c1-49-28-14-15-29-50(49,2)54(40-24-12-8-20-35(40)49)32-26-27-37-42(30-32)53-39-23-11-7-19-34(39)45-43(31-16-4-3-5-17-31)44-33-18-6-10-22-38(33)52-41-25-13-9-21-36(41)51(37)46(47(44)52)48(45)53;1-49-35-14-6-2-10-29(35)32-21-40-34(22-39(32)49)48-33-13-5-9-17-38(33)50-36-15-7-3-11-30(36)41-43(47-23-26-18-27(24-47)20-28(19-26)25-47)42-31-12-4-8-16-37(31)51(40)46(42)44(48)45(41)50;38-21-14-16-30-24(18-21)26-20-27-25-19-23(41-22-8-2-1-3-9-22)15-17-31(25)40-33-13-7-5-11-29(33)37-28-10-4-6-12-32(28)39(30)35(26)34(37)36(27)40/h6-13,18-27,30-31H,3-5,14-17,28-29H2,1-2H3;2-17,21-22,26-28H,18-20,23-25H2,1H3;1-20H/i;2D,6D,10D,14D;. The van der Waals surface area contributed by atoms with Crippen molar-refractivity contribution >= 4 is 233 Å². The van der Waals surface area contributed by atoms with E-state index in [9.17, 15) is 4.39 Å². The topological polar surface area (TPSA) is 47.0 Å². The molecule has 0 radical (unpaired) electrons. The first-order valence-corrected chi connectivity index (χ1v) is 53.6. The molecule has 0 saturated heterocycles. The second-order valence-electron chi connectivity index (χ2n) is 45.6. The molecule has 38 rings (SSSR count). The Bertz CT molecular complexity index is 10500. The van der Waals surface area contributed by atoms with E-state index in [4.69, 9.17) is 10.2 Å². The lowest BCUT2D eigenvalue weighted by Crippen LogP contribution is -2.59. The molecule has 18 aromatic carbocycles. The van der Waals surface area contributed by atoms with E-state index in [1.807, 2.05) is 48.0 Å². The maximum Gasteiger partial charge on any atom is 0.252 e. The molecule has 0 spiro atoms. The molecule has 7 aromatic heterocycles. The molecule has 13 aliphatic rings. The van der Waals surface area contributed by atoms with E-state index in [0.717, 1.165) is 84.1 Å². The van der Waals surface area contributed by atoms with Crippen molar-refractivity contribution in [2.24, 2.45) is 24.8 Å². The lowest BCUT2D eigenvalue weighted by molar-refractivity contribution is -0.00377. The summed E-state index contributed by atoms with van der Waals surface area (Å²) in [7, 11) is 1.96. The minimum absolute atomic E-state index is 0.0132. The van der Waals surface area contributed by atoms with E-state index in [1.54, 1.807) is 23.3 Å². The molecule has 0 N–H and O–H groups in total. The number of para-hydroxylation sites is 11. The summed E-state index contributed by atoms with van der Waals surface area (Å²) < 4.78 is 73.7. The van der Waals surface area contributed by atoms with Crippen LogP contribution in [-0.2, 0) is 17.9 Å². The van der Waals surface area contributed by atoms with E-state index < -0.39 is 0 Å². The van der Waals surface area contributed by atoms with Crippen molar-refractivity contribution in [1.82, 2.24) is 32.0 Å². The van der Waals surface area contributed by atoms with E-state index in [-0.39, 0.29) is 66.5 Å². The molecule has 694 valence electrons. The summed E-state index contributed by atoms with van der Waals surface area (Å²) in [4.78, 5) is 2.77. The minimum atomic E-state index is -0.222. The Morgan fingerprint density at radius 2 is 0.767 bits per heavy atom. The summed E-state index contributed by atoms with van der Waals surface area (Å²) in [5.74, 6) is 4.34. The first-order chi connectivity index (χ1) is 73.7. The highest BCUT2D eigenvalue weighted by Crippen LogP contribution is 2.66. The predicted molar refractivity (Wildman–Crippen MR) is 608 cm³/mol. The zero-order chi connectivity index (χ0) is 98.7. The molecular formula is C133H100B3FN8O. The van der Waals surface area contributed by atoms with Gasteiger partial charge < -0.3 is 41.6 Å². The number of aromatic nitrogens is 7. The number of nitrogens with zero attached hydrogens (tertiary/aromatic N) is 8. The predicted octanol–water partition coefficient (Wildman–Crippen LogP) is 26.9. The molecule has 6 saturated carbocycles. The molecule has 4 bridgehead atoms. The summed E-state index contributed by atoms with van der Waals surface area (Å²) in [6.07, 6.45) is 19.6. The van der Waals surface area contributed by atoms with Gasteiger partial charge in [0.25, 0.3) is 20.1 Å². The van der Waals surface area contributed by atoms with E-state index in [1.165, 1.54) is 283 Å². The Balaban J connectivity index is 0.0000000952. The number of aryl methyl sites for hydroxylation is 1. The monoisotopic (exact) mass is 1880 g/mol. The number of hydrogen-bond acceptors (Lipinski definition) is 2. The van der Waals surface area contributed by atoms with Crippen molar-refractivity contribution in [3.05, 3.63) is 368 Å². The maximum atomic E-state index is 14.8. The lowest BCUT2D eigenvalue weighted by atomic mass is 9.34. The number of hydrogen-bond donors (Lipinski definition) is 0. The molecule has 6 aliphatic carbocycles. The minimum Gasteiger partial charge on any atom is -0.457 e. The lowest BCUT2D eigenvalue weighted by Gasteiger charge is -2.57. The molecule has 9 nitrogen and oxygen atoms in total. The van der Waals surface area contributed by atoms with Crippen LogP contribution in [0.5, 0.6) is 11.5 Å². The molecule has 25 aromatic rings. The van der Waals surface area contributed by atoms with Crippen molar-refractivity contribution in [3.8, 4) is 45.6 Å². The summed E-state index contributed by atoms with van der Waals surface area (Å²) in [6, 6.07) is 118. The van der Waals surface area contributed by atoms with Gasteiger partial charge in [0.15, 0.2) is 0 Å². The van der Waals surface area contributed by atoms with Crippen LogP contribution in [0.4, 0.5) is 15.8 Å². The van der Waals surface area contributed by atoms with E-state index >= 15 is 0 Å². The van der Waals surface area contributed by atoms with Crippen molar-refractivity contribution in [2.45, 2.75) is 132 Å². The second kappa shape index (κ2) is 28.5. The fourth-order valence-electron chi connectivity index (χ4n) is 33.7. The number of anilines is 2. The molecule has 14 heterocycles. The van der Waals surface area contributed by atoms with Gasteiger partial charge in [-0.15, -0.1) is 0 Å². The van der Waals surface area contributed by atoms with Gasteiger partial charge in [0.1, 0.15) is 17.3 Å². The quantitative estimate of drug-likeness (QED) is 0.161. The van der Waals surface area contributed by atoms with Gasteiger partial charge in [0.2, 0.25) is 0 Å². The van der Waals surface area contributed by atoms with Crippen LogP contribution in [0.3, 0.4) is 0 Å². The van der Waals surface area contributed by atoms with Crippen LogP contribution in [0.1, 0.15) is 138 Å². The van der Waals surface area contributed by atoms with Crippen LogP contribution in [0.25, 0.3) is 187 Å². The average molecular weight is 1880 g/mol. The summed E-state index contributed by atoms with van der Waals surface area (Å²) >= 11 is 0. The Hall–Kier alpha value is -15.7. The number of halogens is 1. The van der Waals surface area contributed by atoms with Gasteiger partial charge in [0.05, 0.1) is 77.2 Å². The molecule has 13 heteroatoms. The van der Waals surface area contributed by atoms with Crippen molar-refractivity contribution in [2.75, 3.05) is 4.90 Å². The number of benzene rings is 18. The van der Waals surface area contributed by atoms with Crippen molar-refractivity contribution in [3.63, 3.8) is 0 Å². The third kappa shape index (κ3) is 9.98. The van der Waals surface area contributed by atoms with E-state index in [2.05, 4.69) is 319 Å². The maximum absolute atomic E-state index is 14.8. The van der Waals surface area contributed by atoms with Crippen molar-refractivity contribution < 1.29 is 14.6 Å². The zero-order valence-corrected chi connectivity index (χ0v) is 81.6. The van der Waals surface area contributed by atoms with E-state index in [0.29, 0.717) is 16.8 Å². The summed E-state index contributed by atoms with van der Waals surface area (Å²) in [6.45, 7) is 5.33. The van der Waals surface area contributed by atoms with Crippen LogP contribution in [0.15, 0.2) is 346 Å². The van der Waals surface area contributed by atoms with Crippen LogP contribution < -0.4 is 58.8 Å². The fraction of sp³-hybridized carbons (Fsp3) is 0.188. The molecule has 146 heavy (non-hydrogen) atoms. The number of ether oxygens (including phenoxy) is 1. The van der Waals surface area contributed by atoms with Gasteiger partial charge in [-0.05, 0) is 306 Å². The van der Waals surface area contributed by atoms with Gasteiger partial charge in [-0.25, -0.2) is 4.39 Å². The Kier molecular flexibility index (Phi) is 15.0. The fourth-order valence-corrected chi connectivity index (χ4v) is 33.7. The molecule has 7 aliphatic heterocycles. The van der Waals surface area contributed by atoms with Gasteiger partial charge >= 0.3 is 0 Å². The summed E-state index contributed by atoms with van der Waals surface area (Å²) in [5.41, 5.74) is 44.1.